The van der Waals surface area contributed by atoms with Crippen LogP contribution in [0.15, 0.2) is 24.3 Å². The molecule has 0 aromatic heterocycles. The molecule has 0 radical (unpaired) electrons. The maximum Gasteiger partial charge on any atom is 0.343 e. The Morgan fingerprint density at radius 2 is 2.00 bits per heavy atom. The lowest BCUT2D eigenvalue weighted by Gasteiger charge is -2.21. The van der Waals surface area contributed by atoms with E-state index < -0.39 is 11.6 Å². The fourth-order valence-corrected chi connectivity index (χ4v) is 2.61. The monoisotopic (exact) mass is 293 g/mol. The van der Waals surface area contributed by atoms with E-state index in [1.165, 1.54) is 4.90 Å². The van der Waals surface area contributed by atoms with E-state index in [4.69, 9.17) is 5.11 Å². The molecule has 0 saturated carbocycles. The van der Waals surface area contributed by atoms with Gasteiger partial charge in [-0.2, -0.15) is 0 Å². The molecule has 1 heterocycles. The van der Waals surface area contributed by atoms with Crippen molar-refractivity contribution in [1.29, 1.82) is 0 Å². The Morgan fingerprint density at radius 1 is 1.38 bits per heavy atom. The second-order valence-electron chi connectivity index (χ2n) is 5.87. The molecular weight excluding hydrogens is 273 g/mol. The van der Waals surface area contributed by atoms with Gasteiger partial charge in [-0.3, -0.25) is 4.79 Å². The van der Waals surface area contributed by atoms with Gasteiger partial charge in [-0.05, 0) is 18.9 Å². The number of carboxylic acid groups (broad SMARTS) is 1. The van der Waals surface area contributed by atoms with Gasteiger partial charge in [0.25, 0.3) is 0 Å². The second kappa shape index (κ2) is 5.84. The molecular formula is C16H20FNO3. The standard InChI is InChI=1S/C16H20FNO3/c1-11-3-5-13(6-4-11)9-12(2)14(19)18-8-7-16(17,10-18)15(20)21/h3-6,12H,7-10H2,1-2H3,(H,20,21). The van der Waals surface area contributed by atoms with Gasteiger partial charge in [0.05, 0.1) is 6.54 Å². The van der Waals surface area contributed by atoms with Crippen LogP contribution in [0.25, 0.3) is 0 Å². The van der Waals surface area contributed by atoms with Gasteiger partial charge in [-0.1, -0.05) is 36.8 Å². The van der Waals surface area contributed by atoms with Crippen molar-refractivity contribution in [2.24, 2.45) is 5.92 Å². The molecule has 21 heavy (non-hydrogen) atoms. The van der Waals surface area contributed by atoms with Crippen LogP contribution in [0.2, 0.25) is 0 Å². The zero-order valence-electron chi connectivity index (χ0n) is 12.3. The summed E-state index contributed by atoms with van der Waals surface area (Å²) >= 11 is 0. The van der Waals surface area contributed by atoms with Crippen molar-refractivity contribution in [3.05, 3.63) is 35.4 Å². The Balaban J connectivity index is 1.97. The van der Waals surface area contributed by atoms with Crippen molar-refractivity contribution in [2.75, 3.05) is 13.1 Å². The fraction of sp³-hybridized carbons (Fsp3) is 0.500. The van der Waals surface area contributed by atoms with Crippen LogP contribution in [0.4, 0.5) is 4.39 Å². The average Bonchev–Trinajstić information content (AvgIpc) is 2.84. The van der Waals surface area contributed by atoms with E-state index in [1.807, 2.05) is 31.2 Å². The van der Waals surface area contributed by atoms with Crippen LogP contribution in [0.3, 0.4) is 0 Å². The number of carbonyl (C=O) groups excluding carboxylic acids is 1. The van der Waals surface area contributed by atoms with Crippen LogP contribution in [0.1, 0.15) is 24.5 Å². The van der Waals surface area contributed by atoms with Gasteiger partial charge in [0.1, 0.15) is 0 Å². The predicted molar refractivity (Wildman–Crippen MR) is 76.7 cm³/mol. The lowest BCUT2D eigenvalue weighted by atomic mass is 9.99. The lowest BCUT2D eigenvalue weighted by molar-refractivity contribution is -0.150. The van der Waals surface area contributed by atoms with Gasteiger partial charge in [0, 0.05) is 18.9 Å². The van der Waals surface area contributed by atoms with Crippen LogP contribution in [0, 0.1) is 12.8 Å². The van der Waals surface area contributed by atoms with Crippen molar-refractivity contribution in [1.82, 2.24) is 4.90 Å². The summed E-state index contributed by atoms with van der Waals surface area (Å²) in [5, 5.41) is 8.86. The molecule has 1 amide bonds. The van der Waals surface area contributed by atoms with Crippen molar-refractivity contribution in [2.45, 2.75) is 32.4 Å². The number of aliphatic carboxylic acids is 1. The molecule has 0 spiro atoms. The fourth-order valence-electron chi connectivity index (χ4n) is 2.61. The summed E-state index contributed by atoms with van der Waals surface area (Å²) in [5.41, 5.74) is -0.0921. The van der Waals surface area contributed by atoms with Crippen molar-refractivity contribution >= 4 is 11.9 Å². The maximum atomic E-state index is 14.0. The molecule has 2 atom stereocenters. The number of carboxylic acids is 1. The quantitative estimate of drug-likeness (QED) is 0.926. The van der Waals surface area contributed by atoms with Gasteiger partial charge >= 0.3 is 5.97 Å². The summed E-state index contributed by atoms with van der Waals surface area (Å²) in [6.45, 7) is 3.61. The number of likely N-dealkylation sites (tertiary alicyclic amines) is 1. The van der Waals surface area contributed by atoms with Gasteiger partial charge in [-0.15, -0.1) is 0 Å². The Labute approximate surface area is 123 Å². The van der Waals surface area contributed by atoms with E-state index in [1.54, 1.807) is 6.92 Å². The van der Waals surface area contributed by atoms with E-state index in [0.717, 1.165) is 11.1 Å². The molecule has 2 rings (SSSR count). The normalized spacial score (nSPS) is 23.1. The summed E-state index contributed by atoms with van der Waals surface area (Å²) in [4.78, 5) is 24.5. The molecule has 1 aliphatic heterocycles. The number of aryl methyl sites for hydroxylation is 1. The molecule has 1 fully saturated rings. The summed E-state index contributed by atoms with van der Waals surface area (Å²) < 4.78 is 14.0. The molecule has 5 heteroatoms. The Bertz CT molecular complexity index is 543. The SMILES string of the molecule is Cc1ccc(CC(C)C(=O)N2CCC(F)(C(=O)O)C2)cc1. The summed E-state index contributed by atoms with van der Waals surface area (Å²) in [6, 6.07) is 7.92. The van der Waals surface area contributed by atoms with E-state index in [9.17, 15) is 14.0 Å². The van der Waals surface area contributed by atoms with Crippen LogP contribution < -0.4 is 0 Å². The Morgan fingerprint density at radius 3 is 2.52 bits per heavy atom. The molecule has 1 aromatic rings. The maximum absolute atomic E-state index is 14.0. The van der Waals surface area contributed by atoms with Gasteiger partial charge in [0.15, 0.2) is 0 Å². The third-order valence-electron chi connectivity index (χ3n) is 4.00. The van der Waals surface area contributed by atoms with Crippen LogP contribution in [0.5, 0.6) is 0 Å². The minimum atomic E-state index is -2.29. The highest BCUT2D eigenvalue weighted by molar-refractivity contribution is 5.83. The summed E-state index contributed by atoms with van der Waals surface area (Å²) in [7, 11) is 0. The van der Waals surface area contributed by atoms with Crippen LogP contribution in [-0.2, 0) is 16.0 Å². The van der Waals surface area contributed by atoms with Gasteiger partial charge in [-0.25, -0.2) is 9.18 Å². The van der Waals surface area contributed by atoms with Crippen LogP contribution in [-0.4, -0.2) is 40.6 Å². The minimum absolute atomic E-state index is 0.134. The Kier molecular flexibility index (Phi) is 4.30. The van der Waals surface area contributed by atoms with E-state index in [0.29, 0.717) is 6.42 Å². The zero-order valence-corrected chi connectivity index (χ0v) is 12.3. The lowest BCUT2D eigenvalue weighted by Crippen LogP contribution is -2.40. The number of rotatable bonds is 4. The van der Waals surface area contributed by atoms with E-state index in [2.05, 4.69) is 0 Å². The molecule has 0 bridgehead atoms. The van der Waals surface area contributed by atoms with Gasteiger partial charge < -0.3 is 10.0 Å². The third kappa shape index (κ3) is 3.40. The van der Waals surface area contributed by atoms with E-state index in [-0.39, 0.29) is 31.3 Å². The molecule has 1 aliphatic rings. The minimum Gasteiger partial charge on any atom is -0.479 e. The second-order valence-corrected chi connectivity index (χ2v) is 5.87. The predicted octanol–water partition coefficient (Wildman–Crippen LogP) is 2.20. The summed E-state index contributed by atoms with van der Waals surface area (Å²) in [6.07, 6.45) is 0.438. The smallest absolute Gasteiger partial charge is 0.343 e. The number of benzene rings is 1. The highest BCUT2D eigenvalue weighted by Crippen LogP contribution is 2.27. The molecule has 1 N–H and O–H groups in total. The number of hydrogen-bond acceptors (Lipinski definition) is 2. The molecule has 0 aliphatic carbocycles. The first-order valence-electron chi connectivity index (χ1n) is 7.08. The first-order chi connectivity index (χ1) is 9.82. The van der Waals surface area contributed by atoms with E-state index >= 15 is 0 Å². The molecule has 1 aromatic carbocycles. The number of carbonyl (C=O) groups is 2. The average molecular weight is 293 g/mol. The summed E-state index contributed by atoms with van der Waals surface area (Å²) in [5.74, 6) is -1.95. The van der Waals surface area contributed by atoms with Gasteiger partial charge in [0.2, 0.25) is 11.6 Å². The van der Waals surface area contributed by atoms with Crippen molar-refractivity contribution in [3.8, 4) is 0 Å². The highest BCUT2D eigenvalue weighted by atomic mass is 19.1. The first-order valence-corrected chi connectivity index (χ1v) is 7.08. The highest BCUT2D eigenvalue weighted by Gasteiger charge is 2.47. The molecule has 1 saturated heterocycles. The van der Waals surface area contributed by atoms with Crippen molar-refractivity contribution < 1.29 is 19.1 Å². The number of alkyl halides is 1. The number of hydrogen-bond donors (Lipinski definition) is 1. The number of halogens is 1. The van der Waals surface area contributed by atoms with Crippen molar-refractivity contribution in [3.63, 3.8) is 0 Å². The zero-order chi connectivity index (χ0) is 15.6. The third-order valence-corrected chi connectivity index (χ3v) is 4.00. The number of nitrogens with zero attached hydrogens (tertiary/aromatic N) is 1. The molecule has 4 nitrogen and oxygen atoms in total. The topological polar surface area (TPSA) is 57.6 Å². The van der Waals surface area contributed by atoms with Crippen LogP contribution >= 0.6 is 0 Å². The molecule has 114 valence electrons. The largest absolute Gasteiger partial charge is 0.479 e. The Hall–Kier alpha value is -1.91. The molecule has 2 unspecified atom stereocenters. The number of amides is 1. The first kappa shape index (κ1) is 15.5.